The van der Waals surface area contributed by atoms with Gasteiger partial charge in [0.15, 0.2) is 12.4 Å². The van der Waals surface area contributed by atoms with Crippen LogP contribution in [-0.2, 0) is 19.1 Å². The third-order valence-corrected chi connectivity index (χ3v) is 4.87. The smallest absolute Gasteiger partial charge is 0.307 e. The van der Waals surface area contributed by atoms with Crippen LogP contribution in [0.25, 0.3) is 11.1 Å². The first-order chi connectivity index (χ1) is 14.2. The maximum atomic E-state index is 12.5. The fourth-order valence-corrected chi connectivity index (χ4v) is 3.36. The number of esters is 1. The van der Waals surface area contributed by atoms with Crippen molar-refractivity contribution in [1.82, 2.24) is 5.32 Å². The Morgan fingerprint density at radius 1 is 1.00 bits per heavy atom. The van der Waals surface area contributed by atoms with E-state index < -0.39 is 12.1 Å². The summed E-state index contributed by atoms with van der Waals surface area (Å²) < 4.78 is 5.44. The summed E-state index contributed by atoms with van der Waals surface area (Å²) in [6, 6.07) is 17.2. The van der Waals surface area contributed by atoms with Crippen molar-refractivity contribution in [2.75, 3.05) is 0 Å². The van der Waals surface area contributed by atoms with Crippen LogP contribution in [0.5, 0.6) is 0 Å². The van der Waals surface area contributed by atoms with Crippen LogP contribution in [0.4, 0.5) is 0 Å². The van der Waals surface area contributed by atoms with Crippen molar-refractivity contribution >= 4 is 18.5 Å². The normalized spacial score (nSPS) is 14.4. The number of carbonyl (C=O) groups is 3. The molecule has 0 amide bonds. The molecule has 3 atom stereocenters. The monoisotopic (exact) mass is 409 g/mol. The molecule has 0 aliphatic carbocycles. The van der Waals surface area contributed by atoms with Gasteiger partial charge in [-0.3, -0.25) is 9.59 Å². The highest BCUT2D eigenvalue weighted by molar-refractivity contribution is 5.74. The molecule has 2 unspecified atom stereocenters. The van der Waals surface area contributed by atoms with E-state index in [2.05, 4.69) is 5.32 Å². The van der Waals surface area contributed by atoms with Gasteiger partial charge in [-0.05, 0) is 43.4 Å². The van der Waals surface area contributed by atoms with Gasteiger partial charge in [-0.2, -0.15) is 0 Å². The SMILES string of the molecule is CC(CC(=O)O[C@@H](C=O)c1ccc(-c2ccccc2)cc1)C(CC=O)NC(C)(C)C. The number of hydrogen-bond acceptors (Lipinski definition) is 5. The summed E-state index contributed by atoms with van der Waals surface area (Å²) in [5, 5.41) is 3.37. The van der Waals surface area contributed by atoms with E-state index in [1.54, 1.807) is 12.1 Å². The predicted molar refractivity (Wildman–Crippen MR) is 118 cm³/mol. The zero-order valence-corrected chi connectivity index (χ0v) is 18.1. The van der Waals surface area contributed by atoms with Crippen molar-refractivity contribution in [2.45, 2.75) is 58.2 Å². The fraction of sp³-hybridized carbons (Fsp3) is 0.400. The van der Waals surface area contributed by atoms with E-state index in [1.807, 2.05) is 70.2 Å². The Hall–Kier alpha value is -2.79. The molecule has 30 heavy (non-hydrogen) atoms. The van der Waals surface area contributed by atoms with E-state index in [4.69, 9.17) is 4.74 Å². The molecule has 0 aliphatic rings. The molecule has 2 rings (SSSR count). The molecule has 0 radical (unpaired) electrons. The van der Waals surface area contributed by atoms with E-state index in [0.29, 0.717) is 18.3 Å². The van der Waals surface area contributed by atoms with Crippen LogP contribution in [-0.4, -0.2) is 30.1 Å². The standard InChI is InChI=1S/C25H31NO4/c1-18(22(14-15-27)26-25(2,3)4)16-24(29)30-23(17-28)21-12-10-20(11-13-21)19-8-6-5-7-9-19/h5-13,15,17-18,22-23,26H,14,16H2,1-4H3/t18?,22?,23-/m0/s1. The van der Waals surface area contributed by atoms with Crippen molar-refractivity contribution < 1.29 is 19.1 Å². The van der Waals surface area contributed by atoms with Crippen molar-refractivity contribution in [2.24, 2.45) is 5.92 Å². The van der Waals surface area contributed by atoms with Crippen LogP contribution >= 0.6 is 0 Å². The summed E-state index contributed by atoms with van der Waals surface area (Å²) in [4.78, 5) is 35.1. The van der Waals surface area contributed by atoms with Gasteiger partial charge in [0.1, 0.15) is 6.29 Å². The van der Waals surface area contributed by atoms with Gasteiger partial charge in [0.05, 0.1) is 0 Å². The largest absolute Gasteiger partial charge is 0.450 e. The number of benzene rings is 2. The van der Waals surface area contributed by atoms with E-state index in [0.717, 1.165) is 17.4 Å². The highest BCUT2D eigenvalue weighted by Gasteiger charge is 2.26. The first kappa shape index (κ1) is 23.5. The lowest BCUT2D eigenvalue weighted by atomic mass is 9.93. The van der Waals surface area contributed by atoms with Crippen LogP contribution in [0.2, 0.25) is 0 Å². The van der Waals surface area contributed by atoms with Gasteiger partial charge in [-0.15, -0.1) is 0 Å². The number of ether oxygens (including phenoxy) is 1. The molecule has 1 N–H and O–H groups in total. The van der Waals surface area contributed by atoms with Crippen LogP contribution in [0.1, 0.15) is 52.2 Å². The van der Waals surface area contributed by atoms with E-state index in [9.17, 15) is 14.4 Å². The van der Waals surface area contributed by atoms with Gasteiger partial charge in [0.2, 0.25) is 0 Å². The lowest BCUT2D eigenvalue weighted by Gasteiger charge is -2.31. The molecule has 2 aromatic carbocycles. The zero-order chi connectivity index (χ0) is 22.1. The molecular weight excluding hydrogens is 378 g/mol. The molecule has 160 valence electrons. The van der Waals surface area contributed by atoms with Crippen molar-refractivity contribution in [3.8, 4) is 11.1 Å². The maximum absolute atomic E-state index is 12.5. The number of aldehydes is 2. The van der Waals surface area contributed by atoms with Crippen LogP contribution in [0.15, 0.2) is 54.6 Å². The second kappa shape index (κ2) is 10.8. The Balaban J connectivity index is 2.01. The van der Waals surface area contributed by atoms with Crippen molar-refractivity contribution in [1.29, 1.82) is 0 Å². The minimum atomic E-state index is -0.949. The molecule has 0 saturated heterocycles. The number of rotatable bonds is 10. The molecule has 0 aromatic heterocycles. The highest BCUT2D eigenvalue weighted by Crippen LogP contribution is 2.24. The summed E-state index contributed by atoms with van der Waals surface area (Å²) in [6.45, 7) is 7.94. The highest BCUT2D eigenvalue weighted by atomic mass is 16.5. The van der Waals surface area contributed by atoms with Crippen molar-refractivity contribution in [3.05, 3.63) is 60.2 Å². The third-order valence-electron chi connectivity index (χ3n) is 4.87. The summed E-state index contributed by atoms with van der Waals surface area (Å²) in [5.41, 5.74) is 2.54. The average molecular weight is 410 g/mol. The second-order valence-electron chi connectivity index (χ2n) is 8.62. The van der Waals surface area contributed by atoms with E-state index in [1.165, 1.54) is 0 Å². The Labute approximate surface area is 178 Å². The number of hydrogen-bond donors (Lipinski definition) is 1. The number of carbonyl (C=O) groups excluding carboxylic acids is 3. The zero-order valence-electron chi connectivity index (χ0n) is 18.1. The first-order valence-electron chi connectivity index (χ1n) is 10.2. The summed E-state index contributed by atoms with van der Waals surface area (Å²) in [6.07, 6.45) is 0.969. The average Bonchev–Trinajstić information content (AvgIpc) is 2.71. The topological polar surface area (TPSA) is 72.5 Å². The summed E-state index contributed by atoms with van der Waals surface area (Å²) in [5.74, 6) is -0.576. The number of nitrogens with one attached hydrogen (secondary N) is 1. The second-order valence-corrected chi connectivity index (χ2v) is 8.62. The third kappa shape index (κ3) is 7.23. The molecule has 0 heterocycles. The lowest BCUT2D eigenvalue weighted by molar-refractivity contribution is -0.153. The Bertz CT molecular complexity index is 824. The Kier molecular flexibility index (Phi) is 8.48. The van der Waals surface area contributed by atoms with Crippen LogP contribution in [0.3, 0.4) is 0 Å². The quantitative estimate of drug-likeness (QED) is 0.462. The van der Waals surface area contributed by atoms with Crippen LogP contribution < -0.4 is 5.32 Å². The van der Waals surface area contributed by atoms with E-state index >= 15 is 0 Å². The van der Waals surface area contributed by atoms with E-state index in [-0.39, 0.29) is 23.9 Å². The summed E-state index contributed by atoms with van der Waals surface area (Å²) in [7, 11) is 0. The van der Waals surface area contributed by atoms with Gasteiger partial charge in [-0.25, -0.2) is 0 Å². The first-order valence-corrected chi connectivity index (χ1v) is 10.2. The lowest BCUT2D eigenvalue weighted by Crippen LogP contribution is -2.47. The van der Waals surface area contributed by atoms with Gasteiger partial charge >= 0.3 is 5.97 Å². The molecule has 0 spiro atoms. The van der Waals surface area contributed by atoms with Crippen LogP contribution in [0, 0.1) is 5.92 Å². The molecule has 0 fully saturated rings. The molecule has 0 bridgehead atoms. The molecular formula is C25H31NO4. The summed E-state index contributed by atoms with van der Waals surface area (Å²) >= 11 is 0. The molecule has 2 aromatic rings. The molecule has 5 nitrogen and oxygen atoms in total. The van der Waals surface area contributed by atoms with Gasteiger partial charge in [0, 0.05) is 24.4 Å². The predicted octanol–water partition coefficient (Wildman–Crippen LogP) is 4.51. The van der Waals surface area contributed by atoms with Gasteiger partial charge < -0.3 is 14.8 Å². The van der Waals surface area contributed by atoms with Crippen molar-refractivity contribution in [3.63, 3.8) is 0 Å². The molecule has 5 heteroatoms. The minimum absolute atomic E-state index is 0.116. The fourth-order valence-electron chi connectivity index (χ4n) is 3.36. The molecule has 0 saturated carbocycles. The minimum Gasteiger partial charge on any atom is -0.450 e. The molecule has 0 aliphatic heterocycles. The Morgan fingerprint density at radius 2 is 1.60 bits per heavy atom. The maximum Gasteiger partial charge on any atom is 0.307 e. The van der Waals surface area contributed by atoms with Gasteiger partial charge in [-0.1, -0.05) is 61.5 Å². The van der Waals surface area contributed by atoms with Gasteiger partial charge in [0.25, 0.3) is 0 Å². The Morgan fingerprint density at radius 3 is 2.13 bits per heavy atom.